The molecule has 0 aliphatic rings. The lowest BCUT2D eigenvalue weighted by Crippen LogP contribution is -2.12. The lowest BCUT2D eigenvalue weighted by molar-refractivity contribution is 0.447. The van der Waals surface area contributed by atoms with Crippen LogP contribution in [-0.4, -0.2) is 15.1 Å². The molecule has 0 saturated carbocycles. The van der Waals surface area contributed by atoms with E-state index in [0.717, 1.165) is 12.0 Å². The summed E-state index contributed by atoms with van der Waals surface area (Å²) in [7, 11) is 0. The van der Waals surface area contributed by atoms with Crippen LogP contribution < -0.4 is 5.56 Å². The topological polar surface area (TPSA) is 66.0 Å². The number of benzene rings is 1. The van der Waals surface area contributed by atoms with Crippen LogP contribution in [0.4, 0.5) is 0 Å². The molecule has 0 unspecified atom stereocenters. The fourth-order valence-electron chi connectivity index (χ4n) is 1.56. The molecule has 88 valence electrons. The van der Waals surface area contributed by atoms with Crippen LogP contribution in [0.2, 0.25) is 0 Å². The Balaban J connectivity index is 2.49. The Bertz CT molecular complexity index is 585. The summed E-state index contributed by atoms with van der Waals surface area (Å²) in [6.07, 6.45) is 0.962. The first-order valence-electron chi connectivity index (χ1n) is 5.51. The molecule has 0 spiro atoms. The largest absolute Gasteiger partial charge is 0.493 e. The Morgan fingerprint density at radius 1 is 1.29 bits per heavy atom. The molecule has 17 heavy (non-hydrogen) atoms. The highest BCUT2D eigenvalue weighted by atomic mass is 16.3. The molecule has 0 amide bonds. The van der Waals surface area contributed by atoms with E-state index in [9.17, 15) is 9.90 Å². The van der Waals surface area contributed by atoms with Gasteiger partial charge in [-0.05, 0) is 18.9 Å². The molecule has 2 aromatic rings. The van der Waals surface area contributed by atoms with E-state index in [0.29, 0.717) is 5.82 Å². The van der Waals surface area contributed by atoms with Crippen molar-refractivity contribution in [2.75, 3.05) is 0 Å². The van der Waals surface area contributed by atoms with Gasteiger partial charge >= 0.3 is 0 Å². The van der Waals surface area contributed by atoms with Crippen LogP contribution in [0.3, 0.4) is 0 Å². The lowest BCUT2D eigenvalue weighted by Gasteiger charge is -2.04. The molecule has 0 atom stereocenters. The van der Waals surface area contributed by atoms with Crippen molar-refractivity contribution in [3.8, 4) is 17.3 Å². The summed E-state index contributed by atoms with van der Waals surface area (Å²) in [4.78, 5) is 18.1. The lowest BCUT2D eigenvalue weighted by atomic mass is 10.1. The zero-order valence-electron chi connectivity index (χ0n) is 9.82. The van der Waals surface area contributed by atoms with Gasteiger partial charge in [0.05, 0.1) is 5.56 Å². The highest BCUT2D eigenvalue weighted by Gasteiger charge is 2.07. The van der Waals surface area contributed by atoms with Gasteiger partial charge in [0.15, 0.2) is 0 Å². The van der Waals surface area contributed by atoms with E-state index in [1.807, 2.05) is 24.3 Å². The Labute approximate surface area is 99.0 Å². The second-order valence-electron chi connectivity index (χ2n) is 3.91. The first-order chi connectivity index (χ1) is 8.11. The molecular weight excluding hydrogens is 216 g/mol. The summed E-state index contributed by atoms with van der Waals surface area (Å²) in [6.45, 7) is 3.61. The number of aromatic amines is 1. The Hall–Kier alpha value is -2.10. The summed E-state index contributed by atoms with van der Waals surface area (Å²) in [5.41, 5.74) is 1.92. The smallest absolute Gasteiger partial charge is 0.257 e. The van der Waals surface area contributed by atoms with Crippen molar-refractivity contribution >= 4 is 0 Å². The molecule has 4 nitrogen and oxygen atoms in total. The average molecular weight is 230 g/mol. The third-order valence-corrected chi connectivity index (χ3v) is 2.76. The summed E-state index contributed by atoms with van der Waals surface area (Å²) in [5, 5.41) is 9.51. The van der Waals surface area contributed by atoms with E-state index in [-0.39, 0.29) is 17.0 Å². The zero-order valence-corrected chi connectivity index (χ0v) is 9.82. The number of aryl methyl sites for hydroxylation is 1. The molecule has 0 bridgehead atoms. The summed E-state index contributed by atoms with van der Waals surface area (Å²) in [6, 6.07) is 7.72. The van der Waals surface area contributed by atoms with Crippen LogP contribution in [0, 0.1) is 6.92 Å². The second-order valence-corrected chi connectivity index (χ2v) is 3.91. The van der Waals surface area contributed by atoms with Crippen molar-refractivity contribution in [3.05, 3.63) is 45.7 Å². The number of H-pyrrole nitrogens is 1. The van der Waals surface area contributed by atoms with Crippen molar-refractivity contribution in [1.82, 2.24) is 9.97 Å². The molecule has 2 rings (SSSR count). The van der Waals surface area contributed by atoms with E-state index >= 15 is 0 Å². The van der Waals surface area contributed by atoms with Gasteiger partial charge in [-0.1, -0.05) is 31.2 Å². The highest BCUT2D eigenvalue weighted by molar-refractivity contribution is 5.56. The molecule has 1 aromatic heterocycles. The molecule has 0 fully saturated rings. The quantitative estimate of drug-likeness (QED) is 0.829. The summed E-state index contributed by atoms with van der Waals surface area (Å²) in [5.74, 6) is 0.170. The number of aromatic nitrogens is 2. The number of nitrogens with one attached hydrogen (secondary N) is 1. The maximum atomic E-state index is 11.5. The van der Waals surface area contributed by atoms with Crippen molar-refractivity contribution in [3.63, 3.8) is 0 Å². The predicted molar refractivity (Wildman–Crippen MR) is 66.1 cm³/mol. The normalized spacial score (nSPS) is 10.5. The van der Waals surface area contributed by atoms with Crippen molar-refractivity contribution in [1.29, 1.82) is 0 Å². The third-order valence-electron chi connectivity index (χ3n) is 2.76. The average Bonchev–Trinajstić information content (AvgIpc) is 2.35. The summed E-state index contributed by atoms with van der Waals surface area (Å²) < 4.78 is 0. The molecule has 4 heteroatoms. The van der Waals surface area contributed by atoms with Crippen LogP contribution in [0.1, 0.15) is 18.1 Å². The van der Waals surface area contributed by atoms with Gasteiger partial charge in [0.25, 0.3) is 5.56 Å². The van der Waals surface area contributed by atoms with Gasteiger partial charge in [0.1, 0.15) is 5.82 Å². The van der Waals surface area contributed by atoms with Crippen molar-refractivity contribution in [2.45, 2.75) is 20.3 Å². The maximum Gasteiger partial charge on any atom is 0.257 e. The molecule has 1 heterocycles. The second kappa shape index (κ2) is 4.41. The third kappa shape index (κ3) is 2.20. The number of aromatic hydroxyl groups is 1. The van der Waals surface area contributed by atoms with Gasteiger partial charge in [-0.3, -0.25) is 4.79 Å². The number of hydrogen-bond acceptors (Lipinski definition) is 3. The van der Waals surface area contributed by atoms with Gasteiger partial charge < -0.3 is 10.1 Å². The van der Waals surface area contributed by atoms with Crippen LogP contribution >= 0.6 is 0 Å². The van der Waals surface area contributed by atoms with Gasteiger partial charge in [-0.15, -0.1) is 0 Å². The van der Waals surface area contributed by atoms with Crippen molar-refractivity contribution in [2.24, 2.45) is 0 Å². The first kappa shape index (κ1) is 11.4. The van der Waals surface area contributed by atoms with Crippen molar-refractivity contribution < 1.29 is 5.11 Å². The fraction of sp³-hybridized carbons (Fsp3) is 0.231. The van der Waals surface area contributed by atoms with Crippen LogP contribution in [-0.2, 0) is 6.42 Å². The van der Waals surface area contributed by atoms with Gasteiger partial charge in [-0.2, -0.15) is 4.98 Å². The Morgan fingerprint density at radius 3 is 2.47 bits per heavy atom. The predicted octanol–water partition coefficient (Wildman–Crippen LogP) is 2.01. The van der Waals surface area contributed by atoms with Gasteiger partial charge in [0.2, 0.25) is 5.88 Å². The number of hydrogen-bond donors (Lipinski definition) is 2. The zero-order chi connectivity index (χ0) is 12.4. The highest BCUT2D eigenvalue weighted by Crippen LogP contribution is 2.17. The van der Waals surface area contributed by atoms with Crippen LogP contribution in [0.5, 0.6) is 5.88 Å². The Kier molecular flexibility index (Phi) is 2.95. The number of rotatable bonds is 2. The van der Waals surface area contributed by atoms with E-state index < -0.39 is 0 Å². The number of nitrogens with zero attached hydrogens (tertiary/aromatic N) is 1. The van der Waals surface area contributed by atoms with E-state index in [1.54, 1.807) is 0 Å². The molecule has 0 radical (unpaired) electrons. The Morgan fingerprint density at radius 2 is 1.94 bits per heavy atom. The SMILES string of the molecule is CCc1ccc(-c2nc(O)c(C)c(=O)[nH]2)cc1. The van der Waals surface area contributed by atoms with E-state index in [2.05, 4.69) is 16.9 Å². The van der Waals surface area contributed by atoms with E-state index in [1.165, 1.54) is 12.5 Å². The molecule has 2 N–H and O–H groups in total. The minimum atomic E-state index is -0.313. The fourth-order valence-corrected chi connectivity index (χ4v) is 1.56. The van der Waals surface area contributed by atoms with Crippen LogP contribution in [0.15, 0.2) is 29.1 Å². The molecular formula is C13H14N2O2. The minimum absolute atomic E-state index is 0.219. The minimum Gasteiger partial charge on any atom is -0.493 e. The molecule has 0 aliphatic heterocycles. The molecule has 1 aromatic carbocycles. The monoisotopic (exact) mass is 230 g/mol. The maximum absolute atomic E-state index is 11.5. The van der Waals surface area contributed by atoms with Gasteiger partial charge in [-0.25, -0.2) is 0 Å². The van der Waals surface area contributed by atoms with Gasteiger partial charge in [0, 0.05) is 5.56 Å². The standard InChI is InChI=1S/C13H14N2O2/c1-3-9-4-6-10(7-5-9)11-14-12(16)8(2)13(17)15-11/h4-7H,3H2,1-2H3,(H2,14,15,16,17). The first-order valence-corrected chi connectivity index (χ1v) is 5.51. The van der Waals surface area contributed by atoms with E-state index in [4.69, 9.17) is 0 Å². The van der Waals surface area contributed by atoms with Crippen LogP contribution in [0.25, 0.3) is 11.4 Å². The molecule has 0 saturated heterocycles. The summed E-state index contributed by atoms with van der Waals surface area (Å²) >= 11 is 0. The molecule has 0 aliphatic carbocycles.